The van der Waals surface area contributed by atoms with E-state index >= 15 is 0 Å². The van der Waals surface area contributed by atoms with Crippen LogP contribution in [0.1, 0.15) is 39.4 Å². The standard InChI is InChI=1S/C15H28N4O2/c1-5-6-12-18-14(17-8-7-11(2)3)13(16)15(19-12)21-10-9-20-4/h11H,5-10,16H2,1-4H3,(H,17,18,19). The van der Waals surface area contributed by atoms with Crippen molar-refractivity contribution in [1.82, 2.24) is 9.97 Å². The van der Waals surface area contributed by atoms with E-state index < -0.39 is 0 Å². The first-order valence-electron chi connectivity index (χ1n) is 7.60. The van der Waals surface area contributed by atoms with Crippen molar-refractivity contribution in [3.05, 3.63) is 5.82 Å². The van der Waals surface area contributed by atoms with E-state index in [0.29, 0.717) is 36.5 Å². The topological polar surface area (TPSA) is 82.3 Å². The average Bonchev–Trinajstić information content (AvgIpc) is 2.43. The van der Waals surface area contributed by atoms with Crippen molar-refractivity contribution < 1.29 is 9.47 Å². The number of nitrogen functional groups attached to an aromatic ring is 1. The number of ether oxygens (including phenoxy) is 2. The lowest BCUT2D eigenvalue weighted by atomic mass is 10.1. The molecule has 0 unspecified atom stereocenters. The van der Waals surface area contributed by atoms with Gasteiger partial charge in [0.2, 0.25) is 5.88 Å². The van der Waals surface area contributed by atoms with Crippen molar-refractivity contribution in [2.45, 2.75) is 40.0 Å². The SMILES string of the molecule is CCCc1nc(NCCC(C)C)c(N)c(OCCOC)n1. The second kappa shape index (κ2) is 9.39. The third-order valence-electron chi connectivity index (χ3n) is 2.97. The molecular weight excluding hydrogens is 268 g/mol. The molecule has 0 aliphatic carbocycles. The molecule has 0 spiro atoms. The predicted molar refractivity (Wildman–Crippen MR) is 85.8 cm³/mol. The molecule has 0 radical (unpaired) electrons. The van der Waals surface area contributed by atoms with Crippen LogP contribution in [0.3, 0.4) is 0 Å². The highest BCUT2D eigenvalue weighted by Crippen LogP contribution is 2.26. The number of methoxy groups -OCH3 is 1. The van der Waals surface area contributed by atoms with Gasteiger partial charge in [-0.25, -0.2) is 4.98 Å². The maximum absolute atomic E-state index is 6.09. The summed E-state index contributed by atoms with van der Waals surface area (Å²) in [6, 6.07) is 0. The molecule has 6 heteroatoms. The molecule has 0 aromatic carbocycles. The molecule has 6 nitrogen and oxygen atoms in total. The van der Waals surface area contributed by atoms with E-state index in [0.717, 1.165) is 31.6 Å². The summed E-state index contributed by atoms with van der Waals surface area (Å²) in [4.78, 5) is 8.87. The lowest BCUT2D eigenvalue weighted by Gasteiger charge is -2.14. The zero-order chi connectivity index (χ0) is 15.7. The minimum absolute atomic E-state index is 0.425. The van der Waals surface area contributed by atoms with Gasteiger partial charge in [0.1, 0.15) is 18.1 Å². The summed E-state index contributed by atoms with van der Waals surface area (Å²) >= 11 is 0. The lowest BCUT2D eigenvalue weighted by Crippen LogP contribution is -2.14. The molecule has 0 saturated carbocycles. The monoisotopic (exact) mass is 296 g/mol. The van der Waals surface area contributed by atoms with E-state index in [1.165, 1.54) is 0 Å². The number of anilines is 2. The minimum Gasteiger partial charge on any atom is -0.474 e. The average molecular weight is 296 g/mol. The number of nitrogens with zero attached hydrogens (tertiary/aromatic N) is 2. The van der Waals surface area contributed by atoms with E-state index in [9.17, 15) is 0 Å². The maximum atomic E-state index is 6.09. The molecule has 0 fully saturated rings. The van der Waals surface area contributed by atoms with Crippen LogP contribution < -0.4 is 15.8 Å². The fraction of sp³-hybridized carbons (Fsp3) is 0.733. The van der Waals surface area contributed by atoms with Crippen LogP contribution in [0.25, 0.3) is 0 Å². The number of nitrogens with one attached hydrogen (secondary N) is 1. The Bertz CT molecular complexity index is 424. The Morgan fingerprint density at radius 3 is 2.62 bits per heavy atom. The van der Waals surface area contributed by atoms with Gasteiger partial charge in [0.25, 0.3) is 0 Å². The first kappa shape index (κ1) is 17.5. The van der Waals surface area contributed by atoms with Crippen molar-refractivity contribution in [3.63, 3.8) is 0 Å². The fourth-order valence-corrected chi connectivity index (χ4v) is 1.77. The van der Waals surface area contributed by atoms with Crippen molar-refractivity contribution in [2.75, 3.05) is 37.9 Å². The molecule has 1 rings (SSSR count). The van der Waals surface area contributed by atoms with Gasteiger partial charge >= 0.3 is 0 Å². The van der Waals surface area contributed by atoms with Crippen LogP contribution >= 0.6 is 0 Å². The quantitative estimate of drug-likeness (QED) is 0.646. The second-order valence-electron chi connectivity index (χ2n) is 5.41. The normalized spacial score (nSPS) is 10.9. The van der Waals surface area contributed by atoms with Crippen molar-refractivity contribution >= 4 is 11.5 Å². The van der Waals surface area contributed by atoms with Gasteiger partial charge in [0, 0.05) is 20.1 Å². The van der Waals surface area contributed by atoms with Crippen LogP contribution in [0.5, 0.6) is 5.88 Å². The van der Waals surface area contributed by atoms with E-state index in [2.05, 4.69) is 36.1 Å². The van der Waals surface area contributed by atoms with Gasteiger partial charge in [0.15, 0.2) is 5.82 Å². The molecule has 21 heavy (non-hydrogen) atoms. The molecule has 0 bridgehead atoms. The van der Waals surface area contributed by atoms with E-state index in [4.69, 9.17) is 15.2 Å². The van der Waals surface area contributed by atoms with Gasteiger partial charge in [0.05, 0.1) is 6.61 Å². The summed E-state index contributed by atoms with van der Waals surface area (Å²) in [6.07, 6.45) is 2.85. The summed E-state index contributed by atoms with van der Waals surface area (Å²) < 4.78 is 10.6. The van der Waals surface area contributed by atoms with Crippen LogP contribution in [0.15, 0.2) is 0 Å². The first-order valence-corrected chi connectivity index (χ1v) is 7.60. The number of hydrogen-bond acceptors (Lipinski definition) is 6. The summed E-state index contributed by atoms with van der Waals surface area (Å²) in [5.41, 5.74) is 6.56. The Morgan fingerprint density at radius 2 is 2.00 bits per heavy atom. The highest BCUT2D eigenvalue weighted by Gasteiger charge is 2.13. The second-order valence-corrected chi connectivity index (χ2v) is 5.41. The zero-order valence-corrected chi connectivity index (χ0v) is 13.6. The van der Waals surface area contributed by atoms with E-state index in [1.54, 1.807) is 7.11 Å². The van der Waals surface area contributed by atoms with Crippen LogP contribution in [0.4, 0.5) is 11.5 Å². The molecule has 0 aliphatic heterocycles. The van der Waals surface area contributed by atoms with Crippen LogP contribution in [-0.2, 0) is 11.2 Å². The van der Waals surface area contributed by atoms with E-state index in [-0.39, 0.29) is 0 Å². The first-order chi connectivity index (χ1) is 10.1. The van der Waals surface area contributed by atoms with Crippen molar-refractivity contribution in [3.8, 4) is 5.88 Å². The Morgan fingerprint density at radius 1 is 1.24 bits per heavy atom. The van der Waals surface area contributed by atoms with Gasteiger partial charge in [-0.15, -0.1) is 0 Å². The largest absolute Gasteiger partial charge is 0.474 e. The third kappa shape index (κ3) is 6.16. The number of rotatable bonds is 10. The smallest absolute Gasteiger partial charge is 0.242 e. The summed E-state index contributed by atoms with van der Waals surface area (Å²) in [6.45, 7) is 8.23. The van der Waals surface area contributed by atoms with Crippen LogP contribution in [-0.4, -0.2) is 36.8 Å². The molecular formula is C15H28N4O2. The van der Waals surface area contributed by atoms with Crippen molar-refractivity contribution in [2.24, 2.45) is 5.92 Å². The molecule has 1 aromatic heterocycles. The summed E-state index contributed by atoms with van der Waals surface area (Å²) in [7, 11) is 1.63. The van der Waals surface area contributed by atoms with Crippen molar-refractivity contribution in [1.29, 1.82) is 0 Å². The molecule has 0 saturated heterocycles. The number of hydrogen-bond donors (Lipinski definition) is 2. The molecule has 1 heterocycles. The third-order valence-corrected chi connectivity index (χ3v) is 2.97. The van der Waals surface area contributed by atoms with Gasteiger partial charge in [-0.05, 0) is 18.8 Å². The van der Waals surface area contributed by atoms with Gasteiger partial charge in [-0.3, -0.25) is 0 Å². The maximum Gasteiger partial charge on any atom is 0.242 e. The molecule has 0 aliphatic rings. The molecule has 0 amide bonds. The van der Waals surface area contributed by atoms with Gasteiger partial charge < -0.3 is 20.5 Å². The summed E-state index contributed by atoms with van der Waals surface area (Å²) in [5, 5.41) is 3.29. The lowest BCUT2D eigenvalue weighted by molar-refractivity contribution is 0.144. The van der Waals surface area contributed by atoms with Crippen LogP contribution in [0.2, 0.25) is 0 Å². The number of nitrogens with two attached hydrogens (primary N) is 1. The molecule has 0 atom stereocenters. The number of aromatic nitrogens is 2. The Hall–Kier alpha value is -1.56. The predicted octanol–water partition coefficient (Wildman–Crippen LogP) is 2.49. The van der Waals surface area contributed by atoms with Gasteiger partial charge in [-0.1, -0.05) is 20.8 Å². The molecule has 120 valence electrons. The highest BCUT2D eigenvalue weighted by molar-refractivity contribution is 5.66. The minimum atomic E-state index is 0.425. The van der Waals surface area contributed by atoms with Crippen LogP contribution in [0, 0.1) is 5.92 Å². The summed E-state index contributed by atoms with van der Waals surface area (Å²) in [5.74, 6) is 2.50. The Balaban J connectivity index is 2.82. The van der Waals surface area contributed by atoms with Gasteiger partial charge in [-0.2, -0.15) is 4.98 Å². The highest BCUT2D eigenvalue weighted by atomic mass is 16.5. The Labute approximate surface area is 127 Å². The Kier molecular flexibility index (Phi) is 7.82. The number of aryl methyl sites for hydroxylation is 1. The fourth-order valence-electron chi connectivity index (χ4n) is 1.77. The molecule has 1 aromatic rings. The zero-order valence-electron chi connectivity index (χ0n) is 13.6. The molecule has 3 N–H and O–H groups in total. The van der Waals surface area contributed by atoms with E-state index in [1.807, 2.05) is 0 Å².